The van der Waals surface area contributed by atoms with Crippen molar-refractivity contribution in [2.75, 3.05) is 0 Å². The highest BCUT2D eigenvalue weighted by Crippen LogP contribution is 2.37. The SMILES string of the molecule is NC1(c2noc(-c3c(Cl)cccc3Cl)n2)CCCCC1. The molecule has 6 heteroatoms. The normalized spacial score (nSPS) is 18.1. The second kappa shape index (κ2) is 5.35. The maximum Gasteiger partial charge on any atom is 0.261 e. The molecule has 1 fully saturated rings. The van der Waals surface area contributed by atoms with Crippen LogP contribution in [0.2, 0.25) is 10.0 Å². The molecule has 0 amide bonds. The van der Waals surface area contributed by atoms with Gasteiger partial charge >= 0.3 is 0 Å². The molecule has 0 aliphatic heterocycles. The average Bonchev–Trinajstić information content (AvgIpc) is 2.90. The highest BCUT2D eigenvalue weighted by Gasteiger charge is 2.34. The van der Waals surface area contributed by atoms with Crippen LogP contribution in [0.15, 0.2) is 22.7 Å². The average molecular weight is 312 g/mol. The van der Waals surface area contributed by atoms with E-state index >= 15 is 0 Å². The number of nitrogens with zero attached hydrogens (tertiary/aromatic N) is 2. The van der Waals surface area contributed by atoms with Gasteiger partial charge in [0.15, 0.2) is 5.82 Å². The lowest BCUT2D eigenvalue weighted by Crippen LogP contribution is -2.39. The fourth-order valence-electron chi connectivity index (χ4n) is 2.64. The number of hydrogen-bond donors (Lipinski definition) is 1. The predicted molar refractivity (Wildman–Crippen MR) is 78.7 cm³/mol. The van der Waals surface area contributed by atoms with Gasteiger partial charge in [0.25, 0.3) is 5.89 Å². The van der Waals surface area contributed by atoms with Crippen LogP contribution in [0, 0.1) is 0 Å². The Labute approximate surface area is 127 Å². The Morgan fingerprint density at radius 1 is 1.10 bits per heavy atom. The summed E-state index contributed by atoms with van der Waals surface area (Å²) in [5.74, 6) is 0.870. The first-order valence-electron chi connectivity index (χ1n) is 6.68. The summed E-state index contributed by atoms with van der Waals surface area (Å²) in [4.78, 5) is 4.43. The molecule has 0 radical (unpaired) electrons. The van der Waals surface area contributed by atoms with Gasteiger partial charge in [-0.15, -0.1) is 0 Å². The molecule has 1 aliphatic rings. The minimum atomic E-state index is -0.492. The van der Waals surface area contributed by atoms with Crippen LogP contribution < -0.4 is 5.73 Å². The zero-order chi connectivity index (χ0) is 14.2. The zero-order valence-electron chi connectivity index (χ0n) is 10.9. The fraction of sp³-hybridized carbons (Fsp3) is 0.429. The molecular weight excluding hydrogens is 297 g/mol. The monoisotopic (exact) mass is 311 g/mol. The summed E-state index contributed by atoms with van der Waals surface area (Å²) in [5, 5.41) is 5.02. The van der Waals surface area contributed by atoms with E-state index in [0.29, 0.717) is 27.3 Å². The number of benzene rings is 1. The van der Waals surface area contributed by atoms with E-state index in [-0.39, 0.29) is 0 Å². The van der Waals surface area contributed by atoms with Crippen molar-refractivity contribution in [2.24, 2.45) is 5.73 Å². The molecule has 0 atom stereocenters. The van der Waals surface area contributed by atoms with Crippen LogP contribution in [0.4, 0.5) is 0 Å². The maximum absolute atomic E-state index is 6.40. The third kappa shape index (κ3) is 2.43. The quantitative estimate of drug-likeness (QED) is 0.904. The summed E-state index contributed by atoms with van der Waals surface area (Å²) in [6.07, 6.45) is 5.14. The number of aromatic nitrogens is 2. The van der Waals surface area contributed by atoms with Crippen LogP contribution in [-0.2, 0) is 5.54 Å². The van der Waals surface area contributed by atoms with Crippen LogP contribution in [0.1, 0.15) is 37.9 Å². The lowest BCUT2D eigenvalue weighted by atomic mass is 9.82. The molecule has 4 nitrogen and oxygen atoms in total. The number of nitrogens with two attached hydrogens (primary N) is 1. The van der Waals surface area contributed by atoms with Gasteiger partial charge in [-0.3, -0.25) is 0 Å². The van der Waals surface area contributed by atoms with Crippen LogP contribution in [0.25, 0.3) is 11.5 Å². The Balaban J connectivity index is 1.98. The Hall–Kier alpha value is -1.10. The Morgan fingerprint density at radius 2 is 1.75 bits per heavy atom. The van der Waals surface area contributed by atoms with Crippen molar-refractivity contribution in [3.8, 4) is 11.5 Å². The van der Waals surface area contributed by atoms with Gasteiger partial charge < -0.3 is 10.3 Å². The third-order valence-corrected chi connectivity index (χ3v) is 4.42. The molecule has 0 saturated heterocycles. The van der Waals surface area contributed by atoms with Crippen LogP contribution in [0.3, 0.4) is 0 Å². The lowest BCUT2D eigenvalue weighted by molar-refractivity contribution is 0.275. The van der Waals surface area contributed by atoms with E-state index < -0.39 is 5.54 Å². The minimum Gasteiger partial charge on any atom is -0.334 e. The predicted octanol–water partition coefficient (Wildman–Crippen LogP) is 4.16. The molecule has 1 aliphatic carbocycles. The van der Waals surface area contributed by atoms with E-state index in [9.17, 15) is 0 Å². The second-order valence-electron chi connectivity index (χ2n) is 5.24. The lowest BCUT2D eigenvalue weighted by Gasteiger charge is -2.29. The van der Waals surface area contributed by atoms with Crippen molar-refractivity contribution in [1.29, 1.82) is 0 Å². The minimum absolute atomic E-state index is 0.325. The van der Waals surface area contributed by atoms with Gasteiger partial charge in [0.2, 0.25) is 0 Å². The standard InChI is InChI=1S/C14H15Cl2N3O/c15-9-5-4-6-10(16)11(9)12-18-13(19-20-12)14(17)7-2-1-3-8-14/h4-6H,1-3,7-8,17H2. The van der Waals surface area contributed by atoms with Crippen molar-refractivity contribution < 1.29 is 4.52 Å². The van der Waals surface area contributed by atoms with Crippen molar-refractivity contribution in [2.45, 2.75) is 37.6 Å². The molecule has 0 spiro atoms. The molecular formula is C14H15Cl2N3O. The van der Waals surface area contributed by atoms with Crippen molar-refractivity contribution in [1.82, 2.24) is 10.1 Å². The fourth-order valence-corrected chi connectivity index (χ4v) is 3.19. The van der Waals surface area contributed by atoms with Gasteiger partial charge in [-0.25, -0.2) is 0 Å². The number of rotatable bonds is 2. The van der Waals surface area contributed by atoms with E-state index in [4.69, 9.17) is 33.5 Å². The van der Waals surface area contributed by atoms with E-state index in [1.165, 1.54) is 6.42 Å². The second-order valence-corrected chi connectivity index (χ2v) is 6.05. The van der Waals surface area contributed by atoms with E-state index in [2.05, 4.69) is 10.1 Å². The Morgan fingerprint density at radius 3 is 2.40 bits per heavy atom. The molecule has 3 rings (SSSR count). The molecule has 1 saturated carbocycles. The third-order valence-electron chi connectivity index (χ3n) is 3.79. The largest absolute Gasteiger partial charge is 0.334 e. The first-order valence-corrected chi connectivity index (χ1v) is 7.43. The summed E-state index contributed by atoms with van der Waals surface area (Å²) in [7, 11) is 0. The first-order chi connectivity index (χ1) is 9.60. The van der Waals surface area contributed by atoms with Gasteiger partial charge in [0.05, 0.1) is 21.1 Å². The van der Waals surface area contributed by atoms with Crippen LogP contribution in [-0.4, -0.2) is 10.1 Å². The molecule has 1 aromatic heterocycles. The number of hydrogen-bond acceptors (Lipinski definition) is 4. The summed E-state index contributed by atoms with van der Waals surface area (Å²) in [5.41, 5.74) is 6.47. The van der Waals surface area contributed by atoms with Crippen molar-refractivity contribution in [3.05, 3.63) is 34.1 Å². The highest BCUT2D eigenvalue weighted by molar-refractivity contribution is 6.38. The maximum atomic E-state index is 6.40. The van der Waals surface area contributed by atoms with E-state index in [1.54, 1.807) is 18.2 Å². The highest BCUT2D eigenvalue weighted by atomic mass is 35.5. The summed E-state index contributed by atoms with van der Waals surface area (Å²) in [6.45, 7) is 0. The van der Waals surface area contributed by atoms with Gasteiger partial charge in [-0.2, -0.15) is 4.98 Å². The Kier molecular flexibility index (Phi) is 3.71. The number of halogens is 2. The summed E-state index contributed by atoms with van der Waals surface area (Å²) in [6, 6.07) is 5.26. The van der Waals surface area contributed by atoms with Gasteiger partial charge in [0.1, 0.15) is 0 Å². The van der Waals surface area contributed by atoms with Gasteiger partial charge in [-0.1, -0.05) is 53.7 Å². The van der Waals surface area contributed by atoms with Crippen LogP contribution >= 0.6 is 23.2 Å². The van der Waals surface area contributed by atoms with Crippen molar-refractivity contribution in [3.63, 3.8) is 0 Å². The molecule has 1 heterocycles. The molecule has 2 aromatic rings. The topological polar surface area (TPSA) is 64.9 Å². The summed E-state index contributed by atoms with van der Waals surface area (Å²) < 4.78 is 5.32. The zero-order valence-corrected chi connectivity index (χ0v) is 12.4. The molecule has 1 aromatic carbocycles. The molecule has 2 N–H and O–H groups in total. The Bertz CT molecular complexity index is 600. The van der Waals surface area contributed by atoms with Crippen molar-refractivity contribution >= 4 is 23.2 Å². The van der Waals surface area contributed by atoms with Crippen LogP contribution in [0.5, 0.6) is 0 Å². The molecule has 20 heavy (non-hydrogen) atoms. The van der Waals surface area contributed by atoms with Gasteiger partial charge in [-0.05, 0) is 25.0 Å². The van der Waals surface area contributed by atoms with E-state index in [1.807, 2.05) is 0 Å². The smallest absolute Gasteiger partial charge is 0.261 e. The summed E-state index contributed by atoms with van der Waals surface area (Å²) >= 11 is 12.3. The van der Waals surface area contributed by atoms with E-state index in [0.717, 1.165) is 25.7 Å². The molecule has 0 unspecified atom stereocenters. The first kappa shape index (κ1) is 13.9. The molecule has 106 valence electrons. The molecule has 0 bridgehead atoms. The van der Waals surface area contributed by atoms with Gasteiger partial charge in [0, 0.05) is 0 Å².